The molecule has 1 aliphatic carbocycles. The van der Waals surface area contributed by atoms with Crippen LogP contribution in [0.15, 0.2) is 0 Å². The normalized spacial score (nSPS) is 65.5. The van der Waals surface area contributed by atoms with Crippen molar-refractivity contribution in [2.75, 3.05) is 0 Å². The van der Waals surface area contributed by atoms with E-state index in [4.69, 9.17) is 14.2 Å². The summed E-state index contributed by atoms with van der Waals surface area (Å²) in [7, 11) is 0. The smallest absolute Gasteiger partial charge is 0.167 e. The molecule has 21 heavy (non-hydrogen) atoms. The number of epoxide rings is 1. The minimum Gasteiger partial charge on any atom is -0.366 e. The molecule has 1 saturated carbocycles. The number of ketones is 2. The van der Waals surface area contributed by atoms with Crippen LogP contribution in [0.3, 0.4) is 0 Å². The van der Waals surface area contributed by atoms with Crippen molar-refractivity contribution in [3.63, 3.8) is 0 Å². The van der Waals surface area contributed by atoms with Crippen LogP contribution in [0.4, 0.5) is 0 Å². The fourth-order valence-corrected chi connectivity index (χ4v) is 6.65. The lowest BCUT2D eigenvalue weighted by atomic mass is 9.50. The quantitative estimate of drug-likeness (QED) is 0.663. The summed E-state index contributed by atoms with van der Waals surface area (Å²) in [5, 5.41) is 0. The Kier molecular flexibility index (Phi) is 1.74. The number of carbonyl (C=O) groups is 2. The highest BCUT2D eigenvalue weighted by Gasteiger charge is 2.85. The topological polar surface area (TPSA) is 65.1 Å². The molecule has 6 fully saturated rings. The Labute approximate surface area is 122 Å². The minimum atomic E-state index is -0.361. The van der Waals surface area contributed by atoms with E-state index in [9.17, 15) is 9.59 Å². The standard InChI is InChI=1S/C16H18O5/c1-2-15-5-10-16(21-10)12(9-4-7(18)14(16)20-9)11(15)8-3-6(17)13(15)19-8/h8-14H,2-5H2,1H3/t8-,9-,10+,11+,12-,13+,14+,15-,16+/m0/s1. The summed E-state index contributed by atoms with van der Waals surface area (Å²) >= 11 is 0. The van der Waals surface area contributed by atoms with Gasteiger partial charge in [0.15, 0.2) is 11.6 Å². The van der Waals surface area contributed by atoms with Crippen molar-refractivity contribution in [1.82, 2.24) is 0 Å². The van der Waals surface area contributed by atoms with Crippen LogP contribution in [0, 0.1) is 17.3 Å². The number of fused-ring (bicyclic) bond motifs is 9. The van der Waals surface area contributed by atoms with E-state index in [0.717, 1.165) is 12.8 Å². The monoisotopic (exact) mass is 290 g/mol. The van der Waals surface area contributed by atoms with Gasteiger partial charge in [-0.1, -0.05) is 6.92 Å². The van der Waals surface area contributed by atoms with Gasteiger partial charge in [-0.3, -0.25) is 9.59 Å². The first-order valence-electron chi connectivity index (χ1n) is 8.16. The number of hydrogen-bond donors (Lipinski definition) is 0. The first kappa shape index (κ1) is 11.7. The summed E-state index contributed by atoms with van der Waals surface area (Å²) in [4.78, 5) is 24.3. The van der Waals surface area contributed by atoms with Crippen molar-refractivity contribution < 1.29 is 23.8 Å². The number of Topliss-reactive ketones (excluding diaryl/α,β-unsaturated/α-hetero) is 2. The molecule has 4 bridgehead atoms. The van der Waals surface area contributed by atoms with E-state index in [0.29, 0.717) is 18.8 Å². The van der Waals surface area contributed by atoms with Crippen LogP contribution in [-0.2, 0) is 23.8 Å². The third kappa shape index (κ3) is 0.981. The molecule has 0 amide bonds. The lowest BCUT2D eigenvalue weighted by molar-refractivity contribution is -0.131. The highest BCUT2D eigenvalue weighted by Crippen LogP contribution is 2.73. The zero-order valence-corrected chi connectivity index (χ0v) is 11.9. The fourth-order valence-electron chi connectivity index (χ4n) is 6.65. The van der Waals surface area contributed by atoms with Crippen LogP contribution in [-0.4, -0.2) is 47.7 Å². The van der Waals surface area contributed by atoms with Gasteiger partial charge in [0.1, 0.15) is 17.8 Å². The molecule has 5 nitrogen and oxygen atoms in total. The molecular weight excluding hydrogens is 272 g/mol. The Bertz CT molecular complexity index is 601. The lowest BCUT2D eigenvalue weighted by Gasteiger charge is -2.48. The van der Waals surface area contributed by atoms with E-state index in [2.05, 4.69) is 6.92 Å². The molecule has 5 saturated heterocycles. The number of rotatable bonds is 1. The summed E-state index contributed by atoms with van der Waals surface area (Å²) in [6.07, 6.45) is 2.38. The van der Waals surface area contributed by atoms with Gasteiger partial charge < -0.3 is 14.2 Å². The van der Waals surface area contributed by atoms with Crippen LogP contribution in [0.5, 0.6) is 0 Å². The van der Waals surface area contributed by atoms with Crippen molar-refractivity contribution in [2.45, 2.75) is 68.7 Å². The maximum atomic E-state index is 12.2. The van der Waals surface area contributed by atoms with Crippen LogP contribution in [0.25, 0.3) is 0 Å². The van der Waals surface area contributed by atoms with Crippen molar-refractivity contribution in [3.8, 4) is 0 Å². The lowest BCUT2D eigenvalue weighted by Crippen LogP contribution is -2.59. The second-order valence-corrected chi connectivity index (χ2v) is 7.75. The Balaban J connectivity index is 1.51. The average molecular weight is 290 g/mol. The molecule has 9 atom stereocenters. The Morgan fingerprint density at radius 3 is 2.48 bits per heavy atom. The second kappa shape index (κ2) is 3.12. The van der Waals surface area contributed by atoms with Gasteiger partial charge in [-0.15, -0.1) is 0 Å². The molecule has 112 valence electrons. The highest BCUT2D eigenvalue weighted by atomic mass is 16.7. The van der Waals surface area contributed by atoms with E-state index in [1.54, 1.807) is 0 Å². The first-order chi connectivity index (χ1) is 10.1. The molecule has 1 spiro atoms. The Morgan fingerprint density at radius 2 is 1.71 bits per heavy atom. The molecule has 6 aliphatic rings. The predicted octanol–water partition coefficient (Wildman–Crippen LogP) is 0.637. The zero-order valence-electron chi connectivity index (χ0n) is 11.9. The molecule has 0 unspecified atom stereocenters. The van der Waals surface area contributed by atoms with Crippen molar-refractivity contribution >= 4 is 11.6 Å². The third-order valence-electron chi connectivity index (χ3n) is 7.33. The second-order valence-electron chi connectivity index (χ2n) is 7.75. The average Bonchev–Trinajstić information content (AvgIpc) is 2.81. The van der Waals surface area contributed by atoms with Gasteiger partial charge in [0.05, 0.1) is 18.3 Å². The summed E-state index contributed by atoms with van der Waals surface area (Å²) in [6.45, 7) is 2.17. The van der Waals surface area contributed by atoms with Gasteiger partial charge in [0.25, 0.3) is 0 Å². The molecule has 0 aromatic heterocycles. The first-order valence-corrected chi connectivity index (χ1v) is 8.16. The van der Waals surface area contributed by atoms with E-state index >= 15 is 0 Å². The van der Waals surface area contributed by atoms with Crippen molar-refractivity contribution in [1.29, 1.82) is 0 Å². The van der Waals surface area contributed by atoms with Gasteiger partial charge in [0.2, 0.25) is 0 Å². The van der Waals surface area contributed by atoms with Crippen LogP contribution < -0.4 is 0 Å². The zero-order chi connectivity index (χ0) is 14.1. The molecule has 5 heterocycles. The number of carbonyl (C=O) groups excluding carboxylic acids is 2. The van der Waals surface area contributed by atoms with Gasteiger partial charge in [-0.2, -0.15) is 0 Å². The van der Waals surface area contributed by atoms with E-state index in [1.165, 1.54) is 0 Å². The number of ether oxygens (including phenoxy) is 3. The number of hydrogen-bond acceptors (Lipinski definition) is 5. The van der Waals surface area contributed by atoms with E-state index in [-0.39, 0.29) is 59.0 Å². The molecule has 0 radical (unpaired) electrons. The van der Waals surface area contributed by atoms with Gasteiger partial charge in [0, 0.05) is 30.1 Å². The molecule has 0 aromatic carbocycles. The molecule has 0 aromatic rings. The summed E-state index contributed by atoms with van der Waals surface area (Å²) in [5.41, 5.74) is -0.438. The maximum Gasteiger partial charge on any atom is 0.167 e. The van der Waals surface area contributed by atoms with Gasteiger partial charge in [-0.25, -0.2) is 0 Å². The largest absolute Gasteiger partial charge is 0.366 e. The Morgan fingerprint density at radius 1 is 1.05 bits per heavy atom. The van der Waals surface area contributed by atoms with E-state index < -0.39 is 0 Å². The van der Waals surface area contributed by atoms with Crippen LogP contribution >= 0.6 is 0 Å². The highest BCUT2D eigenvalue weighted by molar-refractivity contribution is 5.90. The molecule has 5 heteroatoms. The summed E-state index contributed by atoms with van der Waals surface area (Å²) in [5.74, 6) is 1.06. The van der Waals surface area contributed by atoms with Crippen molar-refractivity contribution in [3.05, 3.63) is 0 Å². The van der Waals surface area contributed by atoms with Crippen LogP contribution in [0.1, 0.15) is 32.6 Å². The molecule has 0 N–H and O–H groups in total. The van der Waals surface area contributed by atoms with Crippen molar-refractivity contribution in [2.24, 2.45) is 17.3 Å². The van der Waals surface area contributed by atoms with Gasteiger partial charge >= 0.3 is 0 Å². The maximum absolute atomic E-state index is 12.2. The SMILES string of the molecule is CC[C@]12C[C@H]3O[C@@]34[C@H]([C@H]1[C@@H]1CC(=O)[C@H]2O1)[C@@H]1CC(=O)[C@H]4O1. The predicted molar refractivity (Wildman–Crippen MR) is 68.5 cm³/mol. The summed E-state index contributed by atoms with van der Waals surface area (Å²) in [6, 6.07) is 0. The van der Waals surface area contributed by atoms with E-state index in [1.807, 2.05) is 0 Å². The van der Waals surface area contributed by atoms with Crippen LogP contribution in [0.2, 0.25) is 0 Å². The molecule has 6 rings (SSSR count). The third-order valence-corrected chi connectivity index (χ3v) is 7.33. The fraction of sp³-hybridized carbons (Fsp3) is 0.875. The Hall–Kier alpha value is -0.780. The molecular formula is C16H18O5. The minimum absolute atomic E-state index is 0.0122. The van der Waals surface area contributed by atoms with Gasteiger partial charge in [-0.05, 0) is 12.8 Å². The summed E-state index contributed by atoms with van der Waals surface area (Å²) < 4.78 is 18.2. The molecule has 5 aliphatic heterocycles.